The van der Waals surface area contributed by atoms with Crippen molar-refractivity contribution in [3.05, 3.63) is 46.0 Å². The van der Waals surface area contributed by atoms with Crippen LogP contribution in [0.4, 0.5) is 0 Å². The maximum Gasteiger partial charge on any atom is 0.216 e. The van der Waals surface area contributed by atoms with Crippen molar-refractivity contribution in [1.82, 2.24) is 0 Å². The molecule has 3 atom stereocenters. The molecule has 0 N–H and O–H groups in total. The zero-order chi connectivity index (χ0) is 27.0. The van der Waals surface area contributed by atoms with Crippen LogP contribution in [-0.2, 0) is 5.41 Å². The number of fused-ring (bicyclic) bond motifs is 1. The fourth-order valence-corrected chi connectivity index (χ4v) is 4.82. The van der Waals surface area contributed by atoms with E-state index in [9.17, 15) is 15.4 Å². The lowest BCUT2D eigenvalue weighted by atomic mass is 9.74. The molecule has 2 aromatic carbocycles. The minimum atomic E-state index is -0.983. The molecule has 0 radical (unpaired) electrons. The van der Waals surface area contributed by atoms with Crippen molar-refractivity contribution in [3.8, 4) is 40.6 Å². The molecule has 1 aliphatic rings. The molecule has 2 aromatic rings. The van der Waals surface area contributed by atoms with Gasteiger partial charge in [-0.1, -0.05) is 19.1 Å². The lowest BCUT2D eigenvalue weighted by Crippen LogP contribution is -2.35. The van der Waals surface area contributed by atoms with E-state index < -0.39 is 17.6 Å². The molecular formula is C27H34N2O8. The number of nitro groups is 1. The van der Waals surface area contributed by atoms with E-state index in [0.29, 0.717) is 59.3 Å². The number of hydrogen-bond donors (Lipinski definition) is 0. The van der Waals surface area contributed by atoms with Gasteiger partial charge in [-0.05, 0) is 37.5 Å². The standard InChI is InChI=1S/C27H34N2O8/c1-6-27(17-28,20-15-23(32-2)25(34-4)26(35-5)24(20)33-3)13-9-10-18(29(30)31)14-19-16-36-21-11-7-8-12-22(21)37-19/h7-8,11-12,15,18-19H,6,9-10,13-14,16H2,1-5H3. The van der Waals surface area contributed by atoms with E-state index in [1.165, 1.54) is 28.4 Å². The summed E-state index contributed by atoms with van der Waals surface area (Å²) in [5, 5.41) is 22.2. The smallest absolute Gasteiger partial charge is 0.216 e. The van der Waals surface area contributed by atoms with Crippen molar-refractivity contribution in [1.29, 1.82) is 5.26 Å². The van der Waals surface area contributed by atoms with Crippen LogP contribution in [0.15, 0.2) is 30.3 Å². The van der Waals surface area contributed by atoms with E-state index in [0.717, 1.165) is 0 Å². The van der Waals surface area contributed by atoms with Gasteiger partial charge in [0.1, 0.15) is 12.7 Å². The fourth-order valence-electron chi connectivity index (χ4n) is 4.82. The molecule has 10 heteroatoms. The first kappa shape index (κ1) is 27.7. The molecule has 37 heavy (non-hydrogen) atoms. The van der Waals surface area contributed by atoms with Gasteiger partial charge in [-0.2, -0.15) is 5.26 Å². The number of benzene rings is 2. The number of para-hydroxylation sites is 2. The molecule has 1 heterocycles. The Morgan fingerprint density at radius 2 is 1.78 bits per heavy atom. The molecule has 0 bridgehead atoms. The van der Waals surface area contributed by atoms with Crippen LogP contribution in [-0.4, -0.2) is 52.1 Å². The lowest BCUT2D eigenvalue weighted by molar-refractivity contribution is -0.526. The number of rotatable bonds is 13. The highest BCUT2D eigenvalue weighted by atomic mass is 16.6. The first-order valence-electron chi connectivity index (χ1n) is 12.2. The topological polar surface area (TPSA) is 122 Å². The molecule has 0 saturated heterocycles. The van der Waals surface area contributed by atoms with Crippen molar-refractivity contribution in [2.24, 2.45) is 0 Å². The third-order valence-corrected chi connectivity index (χ3v) is 6.86. The van der Waals surface area contributed by atoms with E-state index in [2.05, 4.69) is 6.07 Å². The van der Waals surface area contributed by atoms with E-state index in [1.807, 2.05) is 19.1 Å². The first-order chi connectivity index (χ1) is 17.9. The number of hydrogen-bond acceptors (Lipinski definition) is 9. The van der Waals surface area contributed by atoms with Crippen molar-refractivity contribution in [2.75, 3.05) is 35.0 Å². The maximum absolute atomic E-state index is 11.9. The van der Waals surface area contributed by atoms with E-state index in [-0.39, 0.29) is 24.4 Å². The minimum absolute atomic E-state index is 0.209. The largest absolute Gasteiger partial charge is 0.493 e. The van der Waals surface area contributed by atoms with Gasteiger partial charge in [0.15, 0.2) is 23.0 Å². The molecule has 0 saturated carbocycles. The summed E-state index contributed by atoms with van der Waals surface area (Å²) in [5.74, 6) is 2.69. The SMILES string of the molecule is CCC(C#N)(CCCC(CC1COc2ccccc2O1)[N+](=O)[O-])c1cc(OC)c(OC)c(OC)c1OC. The molecule has 0 aliphatic carbocycles. The average molecular weight is 515 g/mol. The summed E-state index contributed by atoms with van der Waals surface area (Å²) in [7, 11) is 5.98. The average Bonchev–Trinajstić information content (AvgIpc) is 2.93. The minimum Gasteiger partial charge on any atom is -0.493 e. The number of nitriles is 1. The van der Waals surface area contributed by atoms with Crippen LogP contribution in [0.1, 0.15) is 44.6 Å². The zero-order valence-electron chi connectivity index (χ0n) is 21.9. The number of ether oxygens (including phenoxy) is 6. The van der Waals surface area contributed by atoms with Crippen LogP contribution in [0.3, 0.4) is 0 Å². The van der Waals surface area contributed by atoms with Gasteiger partial charge in [-0.3, -0.25) is 10.1 Å². The highest BCUT2D eigenvalue weighted by Gasteiger charge is 2.38. The second-order valence-electron chi connectivity index (χ2n) is 8.84. The third kappa shape index (κ3) is 5.77. The molecule has 0 aromatic heterocycles. The Hall–Kier alpha value is -3.87. The Morgan fingerprint density at radius 1 is 1.11 bits per heavy atom. The molecule has 3 unspecified atom stereocenters. The summed E-state index contributed by atoms with van der Waals surface area (Å²) < 4.78 is 33.8. The Bertz CT molecular complexity index is 1130. The fraction of sp³-hybridized carbons (Fsp3) is 0.519. The Morgan fingerprint density at radius 3 is 2.35 bits per heavy atom. The zero-order valence-corrected chi connectivity index (χ0v) is 21.9. The third-order valence-electron chi connectivity index (χ3n) is 6.86. The summed E-state index contributed by atoms with van der Waals surface area (Å²) in [4.78, 5) is 11.6. The second kappa shape index (κ2) is 12.4. The normalized spacial score (nSPS) is 16.6. The molecule has 0 fully saturated rings. The number of methoxy groups -OCH3 is 4. The molecule has 1 aliphatic heterocycles. The van der Waals surface area contributed by atoms with Crippen molar-refractivity contribution in [3.63, 3.8) is 0 Å². The highest BCUT2D eigenvalue weighted by molar-refractivity contribution is 5.65. The van der Waals surface area contributed by atoms with Gasteiger partial charge in [-0.25, -0.2) is 0 Å². The first-order valence-corrected chi connectivity index (χ1v) is 12.2. The van der Waals surface area contributed by atoms with Crippen LogP contribution in [0.5, 0.6) is 34.5 Å². The van der Waals surface area contributed by atoms with Crippen molar-refractivity contribution >= 4 is 0 Å². The van der Waals surface area contributed by atoms with Gasteiger partial charge in [0.05, 0.1) is 46.3 Å². The van der Waals surface area contributed by atoms with Crippen LogP contribution >= 0.6 is 0 Å². The molecular weight excluding hydrogens is 480 g/mol. The molecule has 10 nitrogen and oxygen atoms in total. The predicted molar refractivity (Wildman–Crippen MR) is 136 cm³/mol. The summed E-state index contributed by atoms with van der Waals surface area (Å²) >= 11 is 0. The predicted octanol–water partition coefficient (Wildman–Crippen LogP) is 4.94. The Balaban J connectivity index is 1.80. The van der Waals surface area contributed by atoms with Crippen molar-refractivity contribution < 1.29 is 33.3 Å². The summed E-state index contributed by atoms with van der Waals surface area (Å²) in [6.45, 7) is 2.16. The van der Waals surface area contributed by atoms with Crippen LogP contribution in [0.25, 0.3) is 0 Å². The highest BCUT2D eigenvalue weighted by Crippen LogP contribution is 2.51. The van der Waals surface area contributed by atoms with Gasteiger partial charge in [0.25, 0.3) is 0 Å². The summed E-state index contributed by atoms with van der Waals surface area (Å²) in [6, 6.07) is 10.6. The van der Waals surface area contributed by atoms with Gasteiger partial charge in [0.2, 0.25) is 17.5 Å². The van der Waals surface area contributed by atoms with E-state index in [4.69, 9.17) is 28.4 Å². The number of nitrogens with zero attached hydrogens (tertiary/aromatic N) is 2. The van der Waals surface area contributed by atoms with E-state index >= 15 is 0 Å². The monoisotopic (exact) mass is 514 g/mol. The van der Waals surface area contributed by atoms with Gasteiger partial charge >= 0.3 is 0 Å². The molecule has 0 amide bonds. The Kier molecular flexibility index (Phi) is 9.28. The van der Waals surface area contributed by atoms with Crippen LogP contribution in [0.2, 0.25) is 0 Å². The maximum atomic E-state index is 11.9. The quantitative estimate of drug-likeness (QED) is 0.270. The molecule has 0 spiro atoms. The van der Waals surface area contributed by atoms with E-state index in [1.54, 1.807) is 18.2 Å². The van der Waals surface area contributed by atoms with Crippen LogP contribution in [0, 0.1) is 21.4 Å². The van der Waals surface area contributed by atoms with Gasteiger partial charge in [-0.15, -0.1) is 0 Å². The van der Waals surface area contributed by atoms with Crippen molar-refractivity contribution in [2.45, 2.75) is 56.6 Å². The Labute approximate surface area is 217 Å². The lowest BCUT2D eigenvalue weighted by Gasteiger charge is -2.30. The molecule has 3 rings (SSSR count). The van der Waals surface area contributed by atoms with Crippen LogP contribution < -0.4 is 28.4 Å². The van der Waals surface area contributed by atoms with Gasteiger partial charge < -0.3 is 28.4 Å². The summed E-state index contributed by atoms with van der Waals surface area (Å²) in [5.41, 5.74) is -0.393. The summed E-state index contributed by atoms with van der Waals surface area (Å²) in [6.07, 6.45) is 1.34. The second-order valence-corrected chi connectivity index (χ2v) is 8.84. The van der Waals surface area contributed by atoms with Gasteiger partial charge in [0, 0.05) is 16.9 Å². The molecule has 200 valence electrons.